The normalized spacial score (nSPS) is 13.0. The van der Waals surface area contributed by atoms with Crippen molar-refractivity contribution in [3.05, 3.63) is 71.9 Å². The standard InChI is InChI=1S/C22H20N4O5/c27-20(28)11-18(21(29)25-19-9-10-23-26-19)24-22(30)31-12-17-15-7-3-1-5-13(15)14-6-2-4-8-16(14)17/h1-10,17-18H,11-12H2,(H,24,30)(H,27,28)(H2,23,25,26,29). The molecule has 2 aromatic carbocycles. The smallest absolute Gasteiger partial charge is 0.407 e. The second kappa shape index (κ2) is 8.70. The highest BCUT2D eigenvalue weighted by atomic mass is 16.5. The molecule has 4 N–H and O–H groups in total. The van der Waals surface area contributed by atoms with E-state index >= 15 is 0 Å². The molecular weight excluding hydrogens is 400 g/mol. The first kappa shape index (κ1) is 20.1. The van der Waals surface area contributed by atoms with Crippen LogP contribution in [0, 0.1) is 0 Å². The molecule has 1 heterocycles. The first-order chi connectivity index (χ1) is 15.0. The lowest BCUT2D eigenvalue weighted by Crippen LogP contribution is -2.45. The maximum Gasteiger partial charge on any atom is 0.407 e. The zero-order valence-corrected chi connectivity index (χ0v) is 16.4. The number of carbonyl (C=O) groups is 3. The summed E-state index contributed by atoms with van der Waals surface area (Å²) in [5.41, 5.74) is 4.29. The Morgan fingerprint density at radius 2 is 1.68 bits per heavy atom. The minimum atomic E-state index is -1.31. The average molecular weight is 420 g/mol. The maximum absolute atomic E-state index is 12.4. The Bertz CT molecular complexity index is 1070. The number of hydrogen-bond acceptors (Lipinski definition) is 5. The Labute approximate surface area is 177 Å². The molecule has 3 aromatic rings. The van der Waals surface area contributed by atoms with Crippen molar-refractivity contribution in [1.82, 2.24) is 15.5 Å². The third kappa shape index (κ3) is 4.40. The summed E-state index contributed by atoms with van der Waals surface area (Å²) >= 11 is 0. The Morgan fingerprint density at radius 3 is 2.26 bits per heavy atom. The number of aromatic nitrogens is 2. The molecule has 2 amide bonds. The number of nitrogens with zero attached hydrogens (tertiary/aromatic N) is 1. The molecule has 0 bridgehead atoms. The summed E-state index contributed by atoms with van der Waals surface area (Å²) in [6.07, 6.45) is -0.0295. The first-order valence-electron chi connectivity index (χ1n) is 9.66. The lowest BCUT2D eigenvalue weighted by Gasteiger charge is -2.18. The van der Waals surface area contributed by atoms with Crippen molar-refractivity contribution in [2.75, 3.05) is 11.9 Å². The van der Waals surface area contributed by atoms with Gasteiger partial charge in [-0.15, -0.1) is 0 Å². The number of rotatable bonds is 7. The Hall–Kier alpha value is -4.14. The van der Waals surface area contributed by atoms with Crippen molar-refractivity contribution in [3.8, 4) is 11.1 Å². The van der Waals surface area contributed by atoms with Gasteiger partial charge in [-0.1, -0.05) is 48.5 Å². The van der Waals surface area contributed by atoms with Gasteiger partial charge in [0.25, 0.3) is 0 Å². The highest BCUT2D eigenvalue weighted by Crippen LogP contribution is 2.44. The molecule has 0 aliphatic heterocycles. The van der Waals surface area contributed by atoms with E-state index in [1.165, 1.54) is 12.3 Å². The molecule has 31 heavy (non-hydrogen) atoms. The van der Waals surface area contributed by atoms with E-state index in [1.54, 1.807) is 0 Å². The van der Waals surface area contributed by atoms with Crippen LogP contribution in [0.1, 0.15) is 23.5 Å². The van der Waals surface area contributed by atoms with Crippen LogP contribution in [0.5, 0.6) is 0 Å². The Balaban J connectivity index is 1.43. The molecule has 1 aliphatic carbocycles. The third-order valence-corrected chi connectivity index (χ3v) is 5.09. The molecule has 0 saturated heterocycles. The van der Waals surface area contributed by atoms with E-state index in [4.69, 9.17) is 9.84 Å². The molecule has 0 fully saturated rings. The topological polar surface area (TPSA) is 133 Å². The van der Waals surface area contributed by atoms with Crippen molar-refractivity contribution < 1.29 is 24.2 Å². The number of aromatic amines is 1. The highest BCUT2D eigenvalue weighted by molar-refractivity contribution is 5.97. The number of carbonyl (C=O) groups excluding carboxylic acids is 2. The fourth-order valence-corrected chi connectivity index (χ4v) is 3.71. The molecule has 9 heteroatoms. The van der Waals surface area contributed by atoms with Crippen LogP contribution in [-0.4, -0.2) is 45.9 Å². The van der Waals surface area contributed by atoms with Gasteiger partial charge in [-0.25, -0.2) is 4.79 Å². The van der Waals surface area contributed by atoms with Gasteiger partial charge in [-0.2, -0.15) is 5.10 Å². The van der Waals surface area contributed by atoms with Gasteiger partial charge >= 0.3 is 12.1 Å². The summed E-state index contributed by atoms with van der Waals surface area (Å²) < 4.78 is 5.39. The number of anilines is 1. The fraction of sp³-hybridized carbons (Fsp3) is 0.182. The van der Waals surface area contributed by atoms with E-state index in [9.17, 15) is 14.4 Å². The predicted molar refractivity (Wildman–Crippen MR) is 111 cm³/mol. The van der Waals surface area contributed by atoms with E-state index in [-0.39, 0.29) is 18.3 Å². The summed E-state index contributed by atoms with van der Waals surface area (Å²) in [5, 5.41) is 20.1. The zero-order valence-electron chi connectivity index (χ0n) is 16.4. The number of carboxylic acid groups (broad SMARTS) is 1. The van der Waals surface area contributed by atoms with Gasteiger partial charge in [-0.3, -0.25) is 14.7 Å². The second-order valence-corrected chi connectivity index (χ2v) is 7.08. The maximum atomic E-state index is 12.4. The summed E-state index contributed by atoms with van der Waals surface area (Å²) in [4.78, 5) is 35.9. The quantitative estimate of drug-likeness (QED) is 0.464. The van der Waals surface area contributed by atoms with E-state index in [2.05, 4.69) is 20.8 Å². The van der Waals surface area contributed by atoms with Gasteiger partial charge < -0.3 is 20.5 Å². The summed E-state index contributed by atoms with van der Waals surface area (Å²) in [6.45, 7) is 0.0574. The van der Waals surface area contributed by atoms with Crippen LogP contribution < -0.4 is 10.6 Å². The number of H-pyrrole nitrogens is 1. The van der Waals surface area contributed by atoms with Crippen LogP contribution in [0.4, 0.5) is 10.6 Å². The molecule has 158 valence electrons. The second-order valence-electron chi connectivity index (χ2n) is 7.08. The monoisotopic (exact) mass is 420 g/mol. The number of ether oxygens (including phenoxy) is 1. The van der Waals surface area contributed by atoms with Crippen molar-refractivity contribution in [3.63, 3.8) is 0 Å². The van der Waals surface area contributed by atoms with Crippen LogP contribution in [0.2, 0.25) is 0 Å². The SMILES string of the molecule is O=C(O)CC(NC(=O)OCC1c2ccccc2-c2ccccc21)C(=O)Nc1ccn[nH]1. The summed E-state index contributed by atoms with van der Waals surface area (Å²) in [6, 6.07) is 16.0. The Kier molecular flexibility index (Phi) is 5.65. The largest absolute Gasteiger partial charge is 0.481 e. The van der Waals surface area contributed by atoms with Crippen molar-refractivity contribution in [1.29, 1.82) is 0 Å². The highest BCUT2D eigenvalue weighted by Gasteiger charge is 2.30. The van der Waals surface area contributed by atoms with Crippen molar-refractivity contribution in [2.45, 2.75) is 18.4 Å². The number of aliphatic carboxylic acids is 1. The minimum Gasteiger partial charge on any atom is -0.481 e. The molecule has 0 radical (unpaired) electrons. The molecule has 1 unspecified atom stereocenters. The predicted octanol–water partition coefficient (Wildman–Crippen LogP) is 2.73. The van der Waals surface area contributed by atoms with Crippen LogP contribution in [0.15, 0.2) is 60.8 Å². The zero-order chi connectivity index (χ0) is 21.8. The van der Waals surface area contributed by atoms with Crippen LogP contribution >= 0.6 is 0 Å². The molecule has 1 aliphatic rings. The number of benzene rings is 2. The van der Waals surface area contributed by atoms with Gasteiger partial charge in [0.1, 0.15) is 18.5 Å². The minimum absolute atomic E-state index is 0.0574. The fourth-order valence-electron chi connectivity index (χ4n) is 3.71. The van der Waals surface area contributed by atoms with Gasteiger partial charge in [0, 0.05) is 12.0 Å². The molecule has 0 spiro atoms. The van der Waals surface area contributed by atoms with E-state index in [0.29, 0.717) is 0 Å². The number of alkyl carbamates (subject to hydrolysis) is 1. The summed E-state index contributed by atoms with van der Waals surface area (Å²) in [7, 11) is 0. The van der Waals surface area contributed by atoms with Gasteiger partial charge in [0.05, 0.1) is 12.6 Å². The lowest BCUT2D eigenvalue weighted by atomic mass is 9.98. The number of carboxylic acids is 1. The van der Waals surface area contributed by atoms with Gasteiger partial charge in [-0.05, 0) is 22.3 Å². The van der Waals surface area contributed by atoms with Crippen molar-refractivity contribution in [2.24, 2.45) is 0 Å². The van der Waals surface area contributed by atoms with Crippen LogP contribution in [-0.2, 0) is 14.3 Å². The molecule has 1 atom stereocenters. The van der Waals surface area contributed by atoms with E-state index in [1.807, 2.05) is 48.5 Å². The molecule has 9 nitrogen and oxygen atoms in total. The molecule has 4 rings (SSSR count). The molecule has 1 aromatic heterocycles. The number of fused-ring (bicyclic) bond motifs is 3. The first-order valence-corrected chi connectivity index (χ1v) is 9.66. The van der Waals surface area contributed by atoms with E-state index < -0.39 is 30.4 Å². The van der Waals surface area contributed by atoms with Crippen LogP contribution in [0.3, 0.4) is 0 Å². The number of hydrogen-bond donors (Lipinski definition) is 4. The third-order valence-electron chi connectivity index (χ3n) is 5.09. The molecular formula is C22H20N4O5. The van der Waals surface area contributed by atoms with Crippen molar-refractivity contribution >= 4 is 23.8 Å². The summed E-state index contributed by atoms with van der Waals surface area (Å²) in [5.74, 6) is -1.78. The molecule has 0 saturated carbocycles. The number of amides is 2. The van der Waals surface area contributed by atoms with Gasteiger partial charge in [0.2, 0.25) is 5.91 Å². The number of nitrogens with one attached hydrogen (secondary N) is 3. The van der Waals surface area contributed by atoms with Crippen LogP contribution in [0.25, 0.3) is 11.1 Å². The average Bonchev–Trinajstić information content (AvgIpc) is 3.37. The van der Waals surface area contributed by atoms with E-state index in [0.717, 1.165) is 22.3 Å². The lowest BCUT2D eigenvalue weighted by molar-refractivity contribution is -0.139. The van der Waals surface area contributed by atoms with Gasteiger partial charge in [0.15, 0.2) is 0 Å². The Morgan fingerprint density at radius 1 is 1.03 bits per heavy atom.